The first-order chi connectivity index (χ1) is 13.8. The van der Waals surface area contributed by atoms with Gasteiger partial charge in [-0.1, -0.05) is 30.3 Å². The highest BCUT2D eigenvalue weighted by molar-refractivity contribution is 5.92. The molecule has 2 aromatic carbocycles. The number of amides is 1. The third kappa shape index (κ3) is 5.18. The number of nitrogens with zero attached hydrogens (tertiary/aromatic N) is 2. The van der Waals surface area contributed by atoms with Crippen LogP contribution in [0.25, 0.3) is 0 Å². The van der Waals surface area contributed by atoms with Crippen LogP contribution >= 0.6 is 0 Å². The van der Waals surface area contributed by atoms with E-state index >= 15 is 0 Å². The standard InChI is InChI=1S/C23H23N3O2/c27-23(17-26(20-11-12-20)16-18-6-5-13-24-15-18)25-19-7-4-10-22(14-19)28-21-8-2-1-3-9-21/h1-10,13-15,20H,11-12,16-17H2,(H,25,27). The highest BCUT2D eigenvalue weighted by atomic mass is 16.5. The zero-order valence-corrected chi connectivity index (χ0v) is 15.6. The summed E-state index contributed by atoms with van der Waals surface area (Å²) in [6.07, 6.45) is 5.92. The van der Waals surface area contributed by atoms with E-state index in [0.717, 1.165) is 36.4 Å². The van der Waals surface area contributed by atoms with Gasteiger partial charge in [-0.25, -0.2) is 0 Å². The molecule has 1 aliphatic rings. The molecular formula is C23H23N3O2. The van der Waals surface area contributed by atoms with Crippen molar-refractivity contribution < 1.29 is 9.53 Å². The van der Waals surface area contributed by atoms with Gasteiger partial charge in [0.1, 0.15) is 11.5 Å². The van der Waals surface area contributed by atoms with E-state index in [4.69, 9.17) is 4.74 Å². The minimum atomic E-state index is -0.0207. The molecule has 28 heavy (non-hydrogen) atoms. The number of rotatable bonds is 8. The van der Waals surface area contributed by atoms with Gasteiger partial charge in [-0.05, 0) is 48.7 Å². The lowest BCUT2D eigenvalue weighted by Crippen LogP contribution is -2.34. The van der Waals surface area contributed by atoms with E-state index in [9.17, 15) is 4.79 Å². The first-order valence-electron chi connectivity index (χ1n) is 9.52. The molecule has 1 amide bonds. The molecule has 0 saturated heterocycles. The molecule has 1 saturated carbocycles. The number of carbonyl (C=O) groups is 1. The first-order valence-corrected chi connectivity index (χ1v) is 9.52. The van der Waals surface area contributed by atoms with Crippen LogP contribution in [0.3, 0.4) is 0 Å². The fourth-order valence-electron chi connectivity index (χ4n) is 3.13. The lowest BCUT2D eigenvalue weighted by molar-refractivity contribution is -0.117. The van der Waals surface area contributed by atoms with Gasteiger partial charge in [0.15, 0.2) is 0 Å². The summed E-state index contributed by atoms with van der Waals surface area (Å²) in [7, 11) is 0. The van der Waals surface area contributed by atoms with Crippen LogP contribution in [-0.4, -0.2) is 28.4 Å². The van der Waals surface area contributed by atoms with Gasteiger partial charge in [0.05, 0.1) is 6.54 Å². The summed E-state index contributed by atoms with van der Waals surface area (Å²) in [6.45, 7) is 1.10. The summed E-state index contributed by atoms with van der Waals surface area (Å²) in [5.41, 5.74) is 1.86. The summed E-state index contributed by atoms with van der Waals surface area (Å²) in [4.78, 5) is 19.0. The number of aromatic nitrogens is 1. The van der Waals surface area contributed by atoms with Crippen LogP contribution in [0.2, 0.25) is 0 Å². The van der Waals surface area contributed by atoms with Gasteiger partial charge >= 0.3 is 0 Å². The van der Waals surface area contributed by atoms with E-state index < -0.39 is 0 Å². The van der Waals surface area contributed by atoms with Crippen LogP contribution in [-0.2, 0) is 11.3 Å². The number of ether oxygens (including phenoxy) is 1. The third-order valence-corrected chi connectivity index (χ3v) is 4.62. The van der Waals surface area contributed by atoms with Crippen molar-refractivity contribution in [3.63, 3.8) is 0 Å². The predicted molar refractivity (Wildman–Crippen MR) is 109 cm³/mol. The predicted octanol–water partition coefficient (Wildman–Crippen LogP) is 4.48. The van der Waals surface area contributed by atoms with Crippen molar-refractivity contribution in [1.82, 2.24) is 9.88 Å². The Morgan fingerprint density at radius 2 is 1.86 bits per heavy atom. The second kappa shape index (κ2) is 8.67. The SMILES string of the molecule is O=C(CN(Cc1cccnc1)C1CC1)Nc1cccc(Oc2ccccc2)c1. The van der Waals surface area contributed by atoms with Gasteiger partial charge in [-0.3, -0.25) is 14.7 Å². The molecule has 0 aliphatic heterocycles. The largest absolute Gasteiger partial charge is 0.457 e. The summed E-state index contributed by atoms with van der Waals surface area (Å²) < 4.78 is 5.84. The second-order valence-electron chi connectivity index (χ2n) is 6.99. The van der Waals surface area contributed by atoms with Gasteiger partial charge in [0.25, 0.3) is 0 Å². The number of anilines is 1. The minimum absolute atomic E-state index is 0.0207. The van der Waals surface area contributed by atoms with Crippen molar-refractivity contribution in [2.75, 3.05) is 11.9 Å². The Bertz CT molecular complexity index is 911. The van der Waals surface area contributed by atoms with Crippen LogP contribution in [0.1, 0.15) is 18.4 Å². The highest BCUT2D eigenvalue weighted by Gasteiger charge is 2.30. The molecule has 5 nitrogen and oxygen atoms in total. The van der Waals surface area contributed by atoms with Gasteiger partial charge < -0.3 is 10.1 Å². The van der Waals surface area contributed by atoms with Crippen molar-refractivity contribution in [1.29, 1.82) is 0 Å². The molecule has 0 unspecified atom stereocenters. The molecule has 1 N–H and O–H groups in total. The van der Waals surface area contributed by atoms with Crippen LogP contribution in [0.4, 0.5) is 5.69 Å². The Kier molecular flexibility index (Phi) is 5.64. The molecule has 0 spiro atoms. The first kappa shape index (κ1) is 18.2. The average molecular weight is 373 g/mol. The molecular weight excluding hydrogens is 350 g/mol. The van der Waals surface area contributed by atoms with Crippen molar-refractivity contribution in [3.8, 4) is 11.5 Å². The Morgan fingerprint density at radius 3 is 2.61 bits per heavy atom. The van der Waals surface area contributed by atoms with E-state index in [1.165, 1.54) is 0 Å². The lowest BCUT2D eigenvalue weighted by Gasteiger charge is -2.21. The topological polar surface area (TPSA) is 54.5 Å². The summed E-state index contributed by atoms with van der Waals surface area (Å²) in [5.74, 6) is 1.44. The summed E-state index contributed by atoms with van der Waals surface area (Å²) in [6, 6.07) is 21.5. The second-order valence-corrected chi connectivity index (χ2v) is 6.99. The number of hydrogen-bond donors (Lipinski definition) is 1. The van der Waals surface area contributed by atoms with E-state index in [1.807, 2.05) is 72.9 Å². The number of hydrogen-bond acceptors (Lipinski definition) is 4. The maximum atomic E-state index is 12.6. The molecule has 5 heteroatoms. The smallest absolute Gasteiger partial charge is 0.238 e. The highest BCUT2D eigenvalue weighted by Crippen LogP contribution is 2.28. The molecule has 0 bridgehead atoms. The molecule has 0 radical (unpaired) electrons. The fourth-order valence-corrected chi connectivity index (χ4v) is 3.13. The Labute approximate surface area is 165 Å². The van der Waals surface area contributed by atoms with E-state index in [0.29, 0.717) is 18.3 Å². The Hall–Kier alpha value is -3.18. The molecule has 1 heterocycles. The monoisotopic (exact) mass is 373 g/mol. The van der Waals surface area contributed by atoms with Gasteiger partial charge in [-0.2, -0.15) is 0 Å². The van der Waals surface area contributed by atoms with Crippen LogP contribution in [0, 0.1) is 0 Å². The summed E-state index contributed by atoms with van der Waals surface area (Å²) in [5, 5.41) is 2.99. The van der Waals surface area contributed by atoms with Crippen molar-refractivity contribution in [2.24, 2.45) is 0 Å². The van der Waals surface area contributed by atoms with Crippen LogP contribution in [0.5, 0.6) is 11.5 Å². The number of para-hydroxylation sites is 1. The molecule has 142 valence electrons. The zero-order valence-electron chi connectivity index (χ0n) is 15.6. The zero-order chi connectivity index (χ0) is 19.2. The van der Waals surface area contributed by atoms with Crippen molar-refractivity contribution >= 4 is 11.6 Å². The average Bonchev–Trinajstić information content (AvgIpc) is 3.55. The maximum Gasteiger partial charge on any atom is 0.238 e. The van der Waals surface area contributed by atoms with Gasteiger partial charge in [-0.15, -0.1) is 0 Å². The Morgan fingerprint density at radius 1 is 1.04 bits per heavy atom. The van der Waals surface area contributed by atoms with Crippen LogP contribution in [0.15, 0.2) is 79.1 Å². The van der Waals surface area contributed by atoms with E-state index in [2.05, 4.69) is 15.2 Å². The lowest BCUT2D eigenvalue weighted by atomic mass is 10.2. The molecule has 0 atom stereocenters. The minimum Gasteiger partial charge on any atom is -0.457 e. The fraction of sp³-hybridized carbons (Fsp3) is 0.217. The van der Waals surface area contributed by atoms with E-state index in [1.54, 1.807) is 6.20 Å². The van der Waals surface area contributed by atoms with Crippen molar-refractivity contribution in [2.45, 2.75) is 25.4 Å². The maximum absolute atomic E-state index is 12.6. The van der Waals surface area contributed by atoms with Gasteiger partial charge in [0.2, 0.25) is 5.91 Å². The quantitative estimate of drug-likeness (QED) is 0.633. The number of nitrogens with one attached hydrogen (secondary N) is 1. The third-order valence-electron chi connectivity index (χ3n) is 4.62. The molecule has 1 aliphatic carbocycles. The van der Waals surface area contributed by atoms with E-state index in [-0.39, 0.29) is 5.91 Å². The summed E-state index contributed by atoms with van der Waals surface area (Å²) >= 11 is 0. The molecule has 4 rings (SSSR count). The number of pyridine rings is 1. The van der Waals surface area contributed by atoms with Gasteiger partial charge in [0, 0.05) is 36.7 Å². The Balaban J connectivity index is 1.37. The molecule has 1 aromatic heterocycles. The number of carbonyl (C=O) groups excluding carboxylic acids is 1. The van der Waals surface area contributed by atoms with Crippen molar-refractivity contribution in [3.05, 3.63) is 84.7 Å². The molecule has 3 aromatic rings. The van der Waals surface area contributed by atoms with Crippen LogP contribution < -0.4 is 10.1 Å². The molecule has 1 fully saturated rings. The normalized spacial score (nSPS) is 13.3. The number of benzene rings is 2.